The molecule has 0 spiro atoms. The van der Waals surface area contributed by atoms with Crippen molar-refractivity contribution >= 4 is 27.5 Å². The van der Waals surface area contributed by atoms with Gasteiger partial charge in [0.1, 0.15) is 11.6 Å². The number of hydrogen-bond donors (Lipinski definition) is 0. The van der Waals surface area contributed by atoms with E-state index in [4.69, 9.17) is 11.6 Å². The van der Waals surface area contributed by atoms with E-state index in [2.05, 4.69) is 27.1 Å². The van der Waals surface area contributed by atoms with Crippen molar-refractivity contribution in [3.05, 3.63) is 45.1 Å². The summed E-state index contributed by atoms with van der Waals surface area (Å²) in [7, 11) is 0. The van der Waals surface area contributed by atoms with Crippen molar-refractivity contribution in [2.24, 2.45) is 0 Å². The van der Waals surface area contributed by atoms with Crippen LogP contribution < -0.4 is 0 Å². The van der Waals surface area contributed by atoms with E-state index in [0.717, 1.165) is 28.7 Å². The summed E-state index contributed by atoms with van der Waals surface area (Å²) >= 11 is 9.63. The van der Waals surface area contributed by atoms with Crippen molar-refractivity contribution in [1.82, 2.24) is 9.78 Å². The molecule has 3 nitrogen and oxygen atoms in total. The third kappa shape index (κ3) is 1.94. The minimum absolute atomic E-state index is 0.404. The Morgan fingerprint density at radius 2 is 2.00 bits per heavy atom. The van der Waals surface area contributed by atoms with E-state index in [1.54, 1.807) is 4.68 Å². The van der Waals surface area contributed by atoms with Crippen LogP contribution in [0.15, 0.2) is 28.7 Å². The Bertz CT molecular complexity index is 635. The van der Waals surface area contributed by atoms with Gasteiger partial charge >= 0.3 is 0 Å². The van der Waals surface area contributed by atoms with E-state index in [9.17, 15) is 5.26 Å². The molecule has 0 atom stereocenters. The van der Waals surface area contributed by atoms with Crippen LogP contribution in [0.3, 0.4) is 0 Å². The Labute approximate surface area is 118 Å². The molecule has 0 aliphatic heterocycles. The van der Waals surface area contributed by atoms with Crippen molar-refractivity contribution in [3.8, 4) is 11.8 Å². The first-order valence-electron chi connectivity index (χ1n) is 5.65. The highest BCUT2D eigenvalue weighted by Crippen LogP contribution is 2.42. The average molecular weight is 323 g/mol. The van der Waals surface area contributed by atoms with Gasteiger partial charge in [0.15, 0.2) is 5.15 Å². The smallest absolute Gasteiger partial charge is 0.150 e. The maximum atomic E-state index is 9.19. The molecule has 0 N–H and O–H groups in total. The van der Waals surface area contributed by atoms with Gasteiger partial charge in [-0.05, 0) is 37.1 Å². The van der Waals surface area contributed by atoms with Gasteiger partial charge in [-0.2, -0.15) is 10.4 Å². The summed E-state index contributed by atoms with van der Waals surface area (Å²) in [5.41, 5.74) is 2.22. The van der Waals surface area contributed by atoms with Crippen LogP contribution in [0, 0.1) is 11.3 Å². The van der Waals surface area contributed by atoms with Gasteiger partial charge in [-0.15, -0.1) is 0 Å². The fourth-order valence-corrected chi connectivity index (χ4v) is 2.45. The summed E-state index contributed by atoms with van der Waals surface area (Å²) < 4.78 is 2.64. The lowest BCUT2D eigenvalue weighted by atomic mass is 10.2. The second-order valence-corrected chi connectivity index (χ2v) is 5.60. The topological polar surface area (TPSA) is 41.6 Å². The van der Waals surface area contributed by atoms with Gasteiger partial charge in [-0.1, -0.05) is 27.5 Å². The molecule has 1 heterocycles. The molecular formula is C13H9BrClN3. The van der Waals surface area contributed by atoms with Crippen molar-refractivity contribution in [3.63, 3.8) is 0 Å². The third-order valence-electron chi connectivity index (χ3n) is 3.00. The lowest BCUT2D eigenvalue weighted by Crippen LogP contribution is -1.96. The molecule has 3 rings (SSSR count). The monoisotopic (exact) mass is 321 g/mol. The van der Waals surface area contributed by atoms with Gasteiger partial charge in [0.05, 0.1) is 11.4 Å². The molecule has 0 bridgehead atoms. The molecule has 18 heavy (non-hydrogen) atoms. The molecule has 5 heteroatoms. The van der Waals surface area contributed by atoms with Crippen LogP contribution in [0.4, 0.5) is 0 Å². The molecule has 0 unspecified atom stereocenters. The largest absolute Gasteiger partial charge is 0.221 e. The van der Waals surface area contributed by atoms with Crippen molar-refractivity contribution in [2.45, 2.75) is 18.8 Å². The van der Waals surface area contributed by atoms with E-state index in [-0.39, 0.29) is 0 Å². The highest BCUT2D eigenvalue weighted by atomic mass is 79.9. The van der Waals surface area contributed by atoms with Gasteiger partial charge in [-0.25, -0.2) is 4.68 Å². The second-order valence-electron chi connectivity index (χ2n) is 4.33. The zero-order valence-electron chi connectivity index (χ0n) is 9.40. The Morgan fingerprint density at radius 3 is 2.56 bits per heavy atom. The fourth-order valence-electron chi connectivity index (χ4n) is 1.91. The average Bonchev–Trinajstić information content (AvgIpc) is 3.15. The van der Waals surface area contributed by atoms with E-state index in [1.807, 2.05) is 24.3 Å². The molecular weight excluding hydrogens is 314 g/mol. The highest BCUT2D eigenvalue weighted by molar-refractivity contribution is 9.10. The lowest BCUT2D eigenvalue weighted by molar-refractivity contribution is 0.837. The Kier molecular flexibility index (Phi) is 2.89. The Hall–Kier alpha value is -1.31. The predicted molar refractivity (Wildman–Crippen MR) is 73.0 cm³/mol. The zero-order chi connectivity index (χ0) is 12.7. The highest BCUT2D eigenvalue weighted by Gasteiger charge is 2.31. The first-order chi connectivity index (χ1) is 8.70. The van der Waals surface area contributed by atoms with Crippen LogP contribution in [0.25, 0.3) is 5.69 Å². The first-order valence-corrected chi connectivity index (χ1v) is 6.82. The number of halogens is 2. The Balaban J connectivity index is 2.12. The molecule has 1 aromatic carbocycles. The van der Waals surface area contributed by atoms with Crippen molar-refractivity contribution < 1.29 is 0 Å². The number of nitriles is 1. The van der Waals surface area contributed by atoms with E-state index < -0.39 is 0 Å². The van der Waals surface area contributed by atoms with Crippen molar-refractivity contribution in [1.29, 1.82) is 5.26 Å². The molecule has 1 aliphatic rings. The summed E-state index contributed by atoms with van der Waals surface area (Å²) in [4.78, 5) is 0. The third-order valence-corrected chi connectivity index (χ3v) is 3.88. The molecule has 1 aromatic heterocycles. The zero-order valence-corrected chi connectivity index (χ0v) is 11.7. The van der Waals surface area contributed by atoms with Crippen LogP contribution in [-0.2, 0) is 0 Å². The summed E-state index contributed by atoms with van der Waals surface area (Å²) in [6, 6.07) is 9.85. The minimum Gasteiger partial charge on any atom is -0.221 e. The van der Waals surface area contributed by atoms with E-state index >= 15 is 0 Å². The van der Waals surface area contributed by atoms with Crippen LogP contribution in [-0.4, -0.2) is 9.78 Å². The first kappa shape index (κ1) is 11.8. The Morgan fingerprint density at radius 1 is 1.33 bits per heavy atom. The van der Waals surface area contributed by atoms with Crippen LogP contribution in [0.1, 0.15) is 30.0 Å². The fraction of sp³-hybridized carbons (Fsp3) is 0.231. The van der Waals surface area contributed by atoms with Crippen LogP contribution >= 0.6 is 27.5 Å². The normalized spacial score (nSPS) is 14.5. The maximum absolute atomic E-state index is 9.19. The summed E-state index contributed by atoms with van der Waals surface area (Å²) in [5, 5.41) is 14.1. The molecule has 0 radical (unpaired) electrons. The molecule has 90 valence electrons. The molecule has 1 saturated carbocycles. The van der Waals surface area contributed by atoms with Gasteiger partial charge in [0.2, 0.25) is 0 Å². The minimum atomic E-state index is 0.404. The number of hydrogen-bond acceptors (Lipinski definition) is 2. The van der Waals surface area contributed by atoms with Gasteiger partial charge in [0, 0.05) is 10.4 Å². The van der Waals surface area contributed by atoms with E-state index in [0.29, 0.717) is 16.6 Å². The standard InChI is InChI=1S/C13H9BrClN3/c14-9-3-5-10(6-4-9)18-13(15)11(7-16)12(17-18)8-1-2-8/h3-6,8H,1-2H2. The van der Waals surface area contributed by atoms with Crippen LogP contribution in [0.5, 0.6) is 0 Å². The summed E-state index contributed by atoms with van der Waals surface area (Å²) in [6.07, 6.45) is 2.20. The second kappa shape index (κ2) is 4.42. The number of rotatable bonds is 2. The molecule has 1 fully saturated rings. The molecule has 2 aromatic rings. The predicted octanol–water partition coefficient (Wildman–Crippen LogP) is 4.04. The lowest BCUT2D eigenvalue weighted by Gasteiger charge is -2.02. The number of aromatic nitrogens is 2. The van der Waals surface area contributed by atoms with Gasteiger partial charge < -0.3 is 0 Å². The molecule has 1 aliphatic carbocycles. The van der Waals surface area contributed by atoms with E-state index in [1.165, 1.54) is 0 Å². The maximum Gasteiger partial charge on any atom is 0.150 e. The van der Waals surface area contributed by atoms with Crippen LogP contribution in [0.2, 0.25) is 5.15 Å². The van der Waals surface area contributed by atoms with Gasteiger partial charge in [0.25, 0.3) is 0 Å². The molecule has 0 saturated heterocycles. The SMILES string of the molecule is N#Cc1c(C2CC2)nn(-c2ccc(Br)cc2)c1Cl. The molecule has 0 amide bonds. The quantitative estimate of drug-likeness (QED) is 0.837. The summed E-state index contributed by atoms with van der Waals surface area (Å²) in [6.45, 7) is 0. The van der Waals surface area contributed by atoms with Crippen molar-refractivity contribution in [2.75, 3.05) is 0 Å². The summed E-state index contributed by atoms with van der Waals surface area (Å²) in [5.74, 6) is 0.411. The number of benzene rings is 1. The van der Waals surface area contributed by atoms with Gasteiger partial charge in [-0.3, -0.25) is 0 Å². The number of nitrogens with zero attached hydrogens (tertiary/aromatic N) is 3.